The monoisotopic (exact) mass is 1090 g/mol. The Morgan fingerprint density at radius 3 is 0.837 bits per heavy atom. The summed E-state index contributed by atoms with van der Waals surface area (Å²) in [5, 5.41) is 26.8. The van der Waals surface area contributed by atoms with Gasteiger partial charge in [-0.2, -0.15) is 9.97 Å². The molecule has 3 heterocycles. The molecule has 0 saturated heterocycles. The van der Waals surface area contributed by atoms with Gasteiger partial charge in [-0.25, -0.2) is 4.98 Å². The van der Waals surface area contributed by atoms with Crippen molar-refractivity contribution >= 4 is 141 Å². The minimum absolute atomic E-state index is 0.556. The first-order chi connectivity index (χ1) is 42.6. The molecule has 0 aliphatic carbocycles. The lowest BCUT2D eigenvalue weighted by Gasteiger charge is -2.14. The number of benzene rings is 16. The van der Waals surface area contributed by atoms with E-state index in [0.717, 1.165) is 60.5 Å². The van der Waals surface area contributed by atoms with Crippen LogP contribution in [0.25, 0.3) is 186 Å². The van der Waals surface area contributed by atoms with Gasteiger partial charge in [0.25, 0.3) is 0 Å². The number of hydrogen-bond acceptors (Lipinski definition) is 3. The molecule has 0 aliphatic rings. The van der Waals surface area contributed by atoms with Crippen LogP contribution in [0, 0.1) is 0 Å². The maximum atomic E-state index is 5.53. The zero-order valence-corrected chi connectivity index (χ0v) is 46.4. The molecular formula is C81H47N5. The smallest absolute Gasteiger partial charge is 0.238 e. The third kappa shape index (κ3) is 6.79. The quantitative estimate of drug-likeness (QED) is 0.161. The van der Waals surface area contributed by atoms with Gasteiger partial charge in [-0.3, -0.25) is 4.57 Å². The van der Waals surface area contributed by atoms with E-state index in [0.29, 0.717) is 17.6 Å². The first kappa shape index (κ1) is 47.0. The second kappa shape index (κ2) is 18.0. The summed E-state index contributed by atoms with van der Waals surface area (Å²) in [4.78, 5) is 16.5. The highest BCUT2D eigenvalue weighted by atomic mass is 15.2. The molecule has 0 N–H and O–H groups in total. The fourth-order valence-electron chi connectivity index (χ4n) is 14.6. The van der Waals surface area contributed by atoms with Gasteiger partial charge >= 0.3 is 0 Å². The van der Waals surface area contributed by atoms with E-state index >= 15 is 0 Å². The largest absolute Gasteiger partial charge is 0.309 e. The van der Waals surface area contributed by atoms with E-state index in [9.17, 15) is 0 Å². The van der Waals surface area contributed by atoms with E-state index in [1.807, 2.05) is 0 Å². The molecule has 0 fully saturated rings. The Morgan fingerprint density at radius 2 is 0.442 bits per heavy atom. The Balaban J connectivity index is 0.798. The fourth-order valence-corrected chi connectivity index (χ4v) is 14.6. The SMILES string of the molecule is c1ccc2c(c1)c1ccccc1c1cc(-c3nc(-c4ccc5c6ccccc6c6ccccc6c5c4)nc(-n4c5ccccc5c5cc(-c6ccc7c(c6)c6ccccc6n7-c6ccc7c8ccccc8c8ccccc8c7c6)ccc54)n3)ccc21. The summed E-state index contributed by atoms with van der Waals surface area (Å²) in [6.45, 7) is 0. The van der Waals surface area contributed by atoms with Crippen molar-refractivity contribution in [2.24, 2.45) is 0 Å². The van der Waals surface area contributed by atoms with Gasteiger partial charge in [-0.05, 0) is 169 Å². The predicted octanol–water partition coefficient (Wildman–Crippen LogP) is 21.4. The average Bonchev–Trinajstić information content (AvgIpc) is 1.56. The van der Waals surface area contributed by atoms with Crippen molar-refractivity contribution < 1.29 is 0 Å². The molecule has 5 nitrogen and oxygen atoms in total. The van der Waals surface area contributed by atoms with E-state index in [-0.39, 0.29) is 0 Å². The van der Waals surface area contributed by atoms with Crippen molar-refractivity contribution in [3.63, 3.8) is 0 Å². The van der Waals surface area contributed by atoms with Gasteiger partial charge in [0.15, 0.2) is 11.6 Å². The molecule has 0 spiro atoms. The number of nitrogens with zero attached hydrogens (tertiary/aromatic N) is 5. The van der Waals surface area contributed by atoms with Crippen LogP contribution in [0.3, 0.4) is 0 Å². The predicted molar refractivity (Wildman–Crippen MR) is 362 cm³/mol. The first-order valence-corrected chi connectivity index (χ1v) is 29.5. The lowest BCUT2D eigenvalue weighted by Crippen LogP contribution is -2.06. The third-order valence-electron chi connectivity index (χ3n) is 18.5. The molecule has 396 valence electrons. The molecule has 16 aromatic carbocycles. The van der Waals surface area contributed by atoms with Gasteiger partial charge in [0.2, 0.25) is 5.95 Å². The van der Waals surface area contributed by atoms with Gasteiger partial charge in [0.05, 0.1) is 22.1 Å². The number of rotatable bonds is 5. The van der Waals surface area contributed by atoms with Gasteiger partial charge < -0.3 is 4.57 Å². The van der Waals surface area contributed by atoms with Crippen molar-refractivity contribution in [1.29, 1.82) is 0 Å². The fraction of sp³-hybridized carbons (Fsp3) is 0. The second-order valence-corrected chi connectivity index (χ2v) is 23.0. The van der Waals surface area contributed by atoms with E-state index in [1.165, 1.54) is 108 Å². The summed E-state index contributed by atoms with van der Waals surface area (Å²) < 4.78 is 4.68. The van der Waals surface area contributed by atoms with Gasteiger partial charge in [-0.1, -0.05) is 224 Å². The van der Waals surface area contributed by atoms with Crippen LogP contribution >= 0.6 is 0 Å². The lowest BCUT2D eigenvalue weighted by molar-refractivity contribution is 0.954. The Labute approximate surface area is 492 Å². The average molecular weight is 1090 g/mol. The van der Waals surface area contributed by atoms with Crippen LogP contribution in [-0.2, 0) is 0 Å². The third-order valence-corrected chi connectivity index (χ3v) is 18.5. The van der Waals surface area contributed by atoms with Crippen molar-refractivity contribution in [2.45, 2.75) is 0 Å². The number of hydrogen-bond donors (Lipinski definition) is 0. The van der Waals surface area contributed by atoms with E-state index < -0.39 is 0 Å². The molecule has 0 radical (unpaired) electrons. The topological polar surface area (TPSA) is 48.5 Å². The molecule has 86 heavy (non-hydrogen) atoms. The highest BCUT2D eigenvalue weighted by Gasteiger charge is 2.22. The number of aromatic nitrogens is 5. The maximum absolute atomic E-state index is 5.53. The van der Waals surface area contributed by atoms with Crippen LogP contribution < -0.4 is 0 Å². The highest BCUT2D eigenvalue weighted by molar-refractivity contribution is 6.28. The Morgan fingerprint density at radius 1 is 0.174 bits per heavy atom. The molecule has 5 heteroatoms. The van der Waals surface area contributed by atoms with Gasteiger partial charge in [0.1, 0.15) is 0 Å². The zero-order chi connectivity index (χ0) is 56.1. The van der Waals surface area contributed by atoms with Crippen molar-refractivity contribution in [3.05, 3.63) is 285 Å². The molecular weight excluding hydrogens is 1040 g/mol. The highest BCUT2D eigenvalue weighted by Crippen LogP contribution is 2.43. The molecule has 0 aliphatic heterocycles. The summed E-state index contributed by atoms with van der Waals surface area (Å²) in [5.74, 6) is 1.77. The molecule has 0 saturated carbocycles. The Bertz CT molecular complexity index is 5880. The van der Waals surface area contributed by atoms with Crippen LogP contribution in [0.5, 0.6) is 0 Å². The lowest BCUT2D eigenvalue weighted by atomic mass is 9.93. The van der Waals surface area contributed by atoms with Crippen LogP contribution in [-0.4, -0.2) is 24.1 Å². The van der Waals surface area contributed by atoms with Crippen molar-refractivity contribution in [1.82, 2.24) is 24.1 Å². The minimum Gasteiger partial charge on any atom is -0.309 e. The normalized spacial score (nSPS) is 12.2. The summed E-state index contributed by atoms with van der Waals surface area (Å²) in [6.07, 6.45) is 0. The summed E-state index contributed by atoms with van der Waals surface area (Å²) in [7, 11) is 0. The molecule has 0 amide bonds. The van der Waals surface area contributed by atoms with Crippen molar-refractivity contribution in [3.8, 4) is 45.5 Å². The standard InChI is InChI=1S/C81H47N5/c1-4-23-59-53(17-1)56-20-7-10-26-62(56)70-45-50(33-38-65(59)70)79-82-80(51-34-39-66-60-24-5-2-18-54(60)57-21-8-11-27-63(57)71(66)46-51)84-81(83-79)86-76-32-16-14-30-69(76)74-44-49(36-42-78(74)86)48-35-41-77-73(43-48)68-29-13-15-31-75(68)85(77)52-37-40-67-61-25-6-3-19-55(61)58-22-9-12-28-64(58)72(67)47-52/h1-47H. The van der Waals surface area contributed by atoms with Crippen LogP contribution in [0.15, 0.2) is 285 Å². The molecule has 19 aromatic rings. The Hall–Kier alpha value is -11.5. The molecule has 19 rings (SSSR count). The maximum Gasteiger partial charge on any atom is 0.238 e. The minimum atomic E-state index is 0.556. The summed E-state index contributed by atoms with van der Waals surface area (Å²) in [6, 6.07) is 104. The number of para-hydroxylation sites is 2. The molecule has 3 aromatic heterocycles. The van der Waals surface area contributed by atoms with E-state index in [4.69, 9.17) is 15.0 Å². The summed E-state index contributed by atoms with van der Waals surface area (Å²) in [5.41, 5.74) is 9.63. The van der Waals surface area contributed by atoms with Crippen LogP contribution in [0.1, 0.15) is 0 Å². The number of fused-ring (bicyclic) bond motifs is 24. The van der Waals surface area contributed by atoms with Gasteiger partial charge in [0, 0.05) is 38.4 Å². The first-order valence-electron chi connectivity index (χ1n) is 29.5. The van der Waals surface area contributed by atoms with Crippen molar-refractivity contribution in [2.75, 3.05) is 0 Å². The molecule has 0 bridgehead atoms. The van der Waals surface area contributed by atoms with Crippen LogP contribution in [0.4, 0.5) is 0 Å². The molecule has 0 unspecified atom stereocenters. The summed E-state index contributed by atoms with van der Waals surface area (Å²) >= 11 is 0. The van der Waals surface area contributed by atoms with E-state index in [1.54, 1.807) is 0 Å². The zero-order valence-electron chi connectivity index (χ0n) is 46.4. The van der Waals surface area contributed by atoms with E-state index in [2.05, 4.69) is 294 Å². The molecule has 0 atom stereocenters. The van der Waals surface area contributed by atoms with Gasteiger partial charge in [-0.15, -0.1) is 0 Å². The Kier molecular flexibility index (Phi) is 9.83. The second-order valence-electron chi connectivity index (χ2n) is 23.0. The van der Waals surface area contributed by atoms with Crippen LogP contribution in [0.2, 0.25) is 0 Å².